The molecule has 1 aromatic carbocycles. The number of nitrogens with zero attached hydrogens (tertiary/aromatic N) is 3. The highest BCUT2D eigenvalue weighted by Crippen LogP contribution is 2.33. The van der Waals surface area contributed by atoms with Gasteiger partial charge in [0.05, 0.1) is 11.6 Å². The fourth-order valence-electron chi connectivity index (χ4n) is 4.44. The average Bonchev–Trinajstić information content (AvgIpc) is 3.25. The number of halogens is 3. The molecule has 1 aliphatic carbocycles. The molecule has 2 N–H and O–H groups in total. The number of hydrogen-bond donors (Lipinski definition) is 2. The quantitative estimate of drug-likeness (QED) is 0.520. The highest BCUT2D eigenvalue weighted by molar-refractivity contribution is 5.94. The normalized spacial score (nSPS) is 20.3. The summed E-state index contributed by atoms with van der Waals surface area (Å²) >= 11 is 0. The van der Waals surface area contributed by atoms with Gasteiger partial charge in [0.15, 0.2) is 0 Å². The smallest absolute Gasteiger partial charge is 0.415 e. The molecule has 8 nitrogen and oxygen atoms in total. The van der Waals surface area contributed by atoms with E-state index in [9.17, 15) is 22.8 Å². The number of terminal acetylenes is 1. The second kappa shape index (κ2) is 10.7. The lowest BCUT2D eigenvalue weighted by atomic mass is 9.92. The Bertz CT molecular complexity index is 1210. The van der Waals surface area contributed by atoms with E-state index in [0.717, 1.165) is 6.07 Å². The summed E-state index contributed by atoms with van der Waals surface area (Å²) in [5.41, 5.74) is 0.144. The van der Waals surface area contributed by atoms with Crippen LogP contribution in [0.25, 0.3) is 0 Å². The molecule has 2 amide bonds. The summed E-state index contributed by atoms with van der Waals surface area (Å²) in [7, 11) is 0. The van der Waals surface area contributed by atoms with Gasteiger partial charge in [-0.1, -0.05) is 25.8 Å². The predicted octanol–water partition coefficient (Wildman–Crippen LogP) is 4.69. The van der Waals surface area contributed by atoms with E-state index in [2.05, 4.69) is 26.5 Å². The fraction of sp³-hybridized carbons (Fsp3) is 0.462. The fourth-order valence-corrected chi connectivity index (χ4v) is 4.44. The highest BCUT2D eigenvalue weighted by Gasteiger charge is 2.37. The molecule has 196 valence electrons. The van der Waals surface area contributed by atoms with Gasteiger partial charge in [-0.3, -0.25) is 9.69 Å². The van der Waals surface area contributed by atoms with Crippen molar-refractivity contribution in [1.29, 1.82) is 0 Å². The van der Waals surface area contributed by atoms with Crippen molar-refractivity contribution in [2.45, 2.75) is 63.6 Å². The van der Waals surface area contributed by atoms with Gasteiger partial charge in [-0.25, -0.2) is 22.9 Å². The number of benzene rings is 1. The van der Waals surface area contributed by atoms with Crippen molar-refractivity contribution in [2.24, 2.45) is 5.92 Å². The van der Waals surface area contributed by atoms with Gasteiger partial charge in [0, 0.05) is 25.1 Å². The van der Waals surface area contributed by atoms with Crippen molar-refractivity contribution >= 4 is 23.8 Å². The van der Waals surface area contributed by atoms with Crippen LogP contribution in [0.4, 0.5) is 29.7 Å². The van der Waals surface area contributed by atoms with Crippen LogP contribution in [0.2, 0.25) is 0 Å². The molecule has 1 aliphatic heterocycles. The maximum absolute atomic E-state index is 14.9. The predicted molar refractivity (Wildman–Crippen MR) is 131 cm³/mol. The monoisotopic (exact) mass is 515 g/mol. The largest absolute Gasteiger partial charge is 0.447 e. The van der Waals surface area contributed by atoms with Crippen molar-refractivity contribution in [3.8, 4) is 12.3 Å². The van der Waals surface area contributed by atoms with Crippen molar-refractivity contribution in [3.63, 3.8) is 0 Å². The van der Waals surface area contributed by atoms with E-state index >= 15 is 0 Å². The molecule has 4 rings (SSSR count). The third-order valence-corrected chi connectivity index (χ3v) is 6.63. The van der Waals surface area contributed by atoms with Gasteiger partial charge in [-0.15, -0.1) is 6.42 Å². The summed E-state index contributed by atoms with van der Waals surface area (Å²) in [6.45, 7) is 4.20. The maximum Gasteiger partial charge on any atom is 0.415 e. The summed E-state index contributed by atoms with van der Waals surface area (Å²) in [6.07, 6.45) is 6.28. The van der Waals surface area contributed by atoms with Crippen LogP contribution in [-0.4, -0.2) is 46.6 Å². The highest BCUT2D eigenvalue weighted by atomic mass is 19.3. The Morgan fingerprint density at radius 1 is 1.27 bits per heavy atom. The Morgan fingerprint density at radius 2 is 2.00 bits per heavy atom. The van der Waals surface area contributed by atoms with Crippen LogP contribution in [0.15, 0.2) is 30.5 Å². The number of anilines is 2. The Balaban J connectivity index is 1.46. The first-order chi connectivity index (χ1) is 17.6. The Kier molecular flexibility index (Phi) is 7.57. The van der Waals surface area contributed by atoms with E-state index in [1.165, 1.54) is 23.2 Å². The minimum absolute atomic E-state index is 0.124. The van der Waals surface area contributed by atoms with Gasteiger partial charge in [-0.05, 0) is 42.5 Å². The first kappa shape index (κ1) is 26.3. The van der Waals surface area contributed by atoms with Crippen molar-refractivity contribution in [1.82, 2.24) is 15.3 Å². The Morgan fingerprint density at radius 3 is 2.65 bits per heavy atom. The standard InChI is InChI=1S/C26H28F3N5O3/c1-4-20(32-24-30-12-9-22(33-24)34-21(15(2)3)14-37-25(34)36)16-5-6-18(19(27)13-16)23(35)31-17-7-10-26(28,29)11-8-17/h1,5-6,9,12-13,15,17,20-21H,7-8,10-11,14H2,2-3H3,(H,31,35)(H,30,32,33). The van der Waals surface area contributed by atoms with Gasteiger partial charge >= 0.3 is 6.09 Å². The molecule has 2 fully saturated rings. The molecule has 2 aromatic rings. The number of nitrogens with one attached hydrogen (secondary N) is 2. The summed E-state index contributed by atoms with van der Waals surface area (Å²) in [5, 5.41) is 5.58. The molecule has 11 heteroatoms. The lowest BCUT2D eigenvalue weighted by Crippen LogP contribution is -2.40. The molecule has 37 heavy (non-hydrogen) atoms. The second-order valence-corrected chi connectivity index (χ2v) is 9.58. The zero-order valence-electron chi connectivity index (χ0n) is 20.5. The van der Waals surface area contributed by atoms with Crippen molar-refractivity contribution < 1.29 is 27.5 Å². The molecule has 0 spiro atoms. The van der Waals surface area contributed by atoms with E-state index in [1.54, 1.807) is 6.07 Å². The molecule has 0 radical (unpaired) electrons. The van der Waals surface area contributed by atoms with Gasteiger partial charge < -0.3 is 15.4 Å². The number of hydrogen-bond acceptors (Lipinski definition) is 6. The van der Waals surface area contributed by atoms with E-state index in [1.807, 2.05) is 13.8 Å². The molecule has 0 bridgehead atoms. The van der Waals surface area contributed by atoms with Crippen LogP contribution < -0.4 is 15.5 Å². The van der Waals surface area contributed by atoms with E-state index in [4.69, 9.17) is 11.2 Å². The number of cyclic esters (lactones) is 1. The van der Waals surface area contributed by atoms with E-state index < -0.39 is 35.8 Å². The molecule has 2 heterocycles. The summed E-state index contributed by atoms with van der Waals surface area (Å²) in [6, 6.07) is 4.07. The Labute approximate surface area is 213 Å². The van der Waals surface area contributed by atoms with E-state index in [-0.39, 0.29) is 55.8 Å². The number of ether oxygens (including phenoxy) is 1. The van der Waals surface area contributed by atoms with Crippen molar-refractivity contribution in [3.05, 3.63) is 47.4 Å². The number of rotatable bonds is 7. The van der Waals surface area contributed by atoms with Crippen LogP contribution in [0.1, 0.15) is 61.5 Å². The van der Waals surface area contributed by atoms with Crippen LogP contribution in [0.5, 0.6) is 0 Å². The number of carbonyl (C=O) groups excluding carboxylic acids is 2. The third-order valence-electron chi connectivity index (χ3n) is 6.63. The molecule has 2 atom stereocenters. The number of alkyl halides is 2. The summed E-state index contributed by atoms with van der Waals surface area (Å²) in [4.78, 5) is 34.8. The van der Waals surface area contributed by atoms with Crippen molar-refractivity contribution in [2.75, 3.05) is 16.8 Å². The lowest BCUT2D eigenvalue weighted by molar-refractivity contribution is -0.0399. The van der Waals surface area contributed by atoms with Gasteiger partial charge in [-0.2, -0.15) is 4.98 Å². The zero-order valence-corrected chi connectivity index (χ0v) is 20.5. The maximum atomic E-state index is 14.9. The first-order valence-electron chi connectivity index (χ1n) is 12.1. The molecule has 2 aliphatic rings. The van der Waals surface area contributed by atoms with Crippen LogP contribution in [0.3, 0.4) is 0 Å². The SMILES string of the molecule is C#CC(Nc1nccc(N2C(=O)OCC2C(C)C)n1)c1ccc(C(=O)NC2CCC(F)(F)CC2)c(F)c1. The van der Waals surface area contributed by atoms with Gasteiger partial charge in [0.25, 0.3) is 5.91 Å². The first-order valence-corrected chi connectivity index (χ1v) is 12.1. The minimum Gasteiger partial charge on any atom is -0.447 e. The van der Waals surface area contributed by atoms with Gasteiger partial charge in [0.1, 0.15) is 24.3 Å². The van der Waals surface area contributed by atoms with Crippen LogP contribution in [-0.2, 0) is 4.74 Å². The molecule has 2 unspecified atom stereocenters. The molecule has 1 saturated carbocycles. The van der Waals surface area contributed by atoms with E-state index in [0.29, 0.717) is 11.4 Å². The zero-order chi connectivity index (χ0) is 26.7. The molecular weight excluding hydrogens is 487 g/mol. The second-order valence-electron chi connectivity index (χ2n) is 9.58. The number of carbonyl (C=O) groups is 2. The van der Waals surface area contributed by atoms with Gasteiger partial charge in [0.2, 0.25) is 11.9 Å². The van der Waals surface area contributed by atoms with Crippen LogP contribution >= 0.6 is 0 Å². The summed E-state index contributed by atoms with van der Waals surface area (Å²) < 4.78 is 46.8. The number of aromatic nitrogens is 2. The molecule has 1 saturated heterocycles. The lowest BCUT2D eigenvalue weighted by Gasteiger charge is -2.28. The Hall–Kier alpha value is -3.81. The minimum atomic E-state index is -2.72. The van der Waals surface area contributed by atoms with Crippen LogP contribution in [0, 0.1) is 24.1 Å². The topological polar surface area (TPSA) is 96.5 Å². The molecular formula is C26H28F3N5O3. The summed E-state index contributed by atoms with van der Waals surface area (Å²) in [5.74, 6) is -1.08. The average molecular weight is 516 g/mol. The molecule has 1 aromatic heterocycles. The number of amides is 2. The third kappa shape index (κ3) is 5.96.